The first-order valence-electron chi connectivity index (χ1n) is 12.2. The van der Waals surface area contributed by atoms with E-state index in [0.717, 1.165) is 32.4 Å². The molecule has 1 amide bonds. The first-order valence-corrected chi connectivity index (χ1v) is 13.8. The molecule has 0 unspecified atom stereocenters. The number of carbonyl (C=O) groups excluding carboxylic acids is 1. The maximum Gasteiger partial charge on any atom is 0.250 e. The molecule has 11 heteroatoms. The number of aromatic nitrogens is 3. The van der Waals surface area contributed by atoms with Gasteiger partial charge in [0, 0.05) is 25.2 Å². The number of fused-ring (bicyclic) bond motifs is 1. The molecule has 2 atom stereocenters. The van der Waals surface area contributed by atoms with E-state index in [4.69, 9.17) is 33.5 Å². The molecule has 5 aromatic rings. The molecule has 6 rings (SSSR count). The lowest BCUT2D eigenvalue weighted by Crippen LogP contribution is -2.30. The fourth-order valence-corrected chi connectivity index (χ4v) is 6.32. The molecule has 0 aliphatic carbocycles. The number of ether oxygens (including phenoxy) is 1. The highest BCUT2D eigenvalue weighted by Gasteiger charge is 2.42. The summed E-state index contributed by atoms with van der Waals surface area (Å²) < 4.78 is 8.13. The van der Waals surface area contributed by atoms with E-state index in [-0.39, 0.29) is 24.6 Å². The van der Waals surface area contributed by atoms with Crippen LogP contribution in [0.2, 0.25) is 5.02 Å². The average Bonchev–Trinajstić information content (AvgIpc) is 3.66. The van der Waals surface area contributed by atoms with E-state index in [1.165, 1.54) is 7.11 Å². The number of hydrogen-bond donors (Lipinski definition) is 2. The maximum atomic E-state index is 12.1. The molecule has 3 aromatic heterocycles. The molecule has 196 valence electrons. The zero-order chi connectivity index (χ0) is 26.9. The zero-order valence-corrected chi connectivity index (χ0v) is 23.1. The third kappa shape index (κ3) is 4.87. The second-order valence-electron chi connectivity index (χ2n) is 8.91. The normalized spacial score (nSPS) is 17.0. The summed E-state index contributed by atoms with van der Waals surface area (Å²) in [5.74, 6) is -0.285. The van der Waals surface area contributed by atoms with Gasteiger partial charge in [-0.2, -0.15) is 0 Å². The monoisotopic (exact) mass is 574 g/mol. The minimum atomic E-state index is -0.285. The van der Waals surface area contributed by atoms with E-state index >= 15 is 0 Å². The highest BCUT2D eigenvalue weighted by atomic mass is 35.5. The van der Waals surface area contributed by atoms with Crippen LogP contribution < -0.4 is 15.5 Å². The Labute approximate surface area is 239 Å². The molecule has 4 heterocycles. The van der Waals surface area contributed by atoms with Crippen LogP contribution in [-0.2, 0) is 9.53 Å². The van der Waals surface area contributed by atoms with E-state index in [1.54, 1.807) is 29.7 Å². The number of hydrogen-bond acceptors (Lipinski definition) is 6. The van der Waals surface area contributed by atoms with Crippen LogP contribution >= 0.6 is 35.2 Å². The number of pyridine rings is 1. The molecule has 0 bridgehead atoms. The van der Waals surface area contributed by atoms with Gasteiger partial charge in [0.2, 0.25) is 5.91 Å². The number of rotatable bonds is 7. The topological polar surface area (TPSA) is 84.3 Å². The van der Waals surface area contributed by atoms with Crippen molar-refractivity contribution in [1.82, 2.24) is 19.9 Å². The highest BCUT2D eigenvalue weighted by molar-refractivity contribution is 7.80. The summed E-state index contributed by atoms with van der Waals surface area (Å²) in [6.45, 7) is -0.0607. The fraction of sp³-hybridized carbons (Fsp3) is 0.143. The van der Waals surface area contributed by atoms with E-state index in [9.17, 15) is 4.79 Å². The predicted molar refractivity (Wildman–Crippen MR) is 159 cm³/mol. The van der Waals surface area contributed by atoms with Crippen LogP contribution in [-0.4, -0.2) is 39.3 Å². The standard InChI is InChI=1S/C28H23ClN6O2S2/c1-37-16-24(36)31-19-12-11-17(15-18(19)29)35-26(25(33-27(35)38)21-8-4-5-13-30-21)22-9-6-14-34(22)28-32-20-7-2-3-10-23(20)39-28/h2-15,25-26H,16H2,1H3,(H,31,36)(H,33,38)/t25-,26+/m1/s1. The SMILES string of the molecule is COCC(=O)Nc1ccc(N2C(=S)N[C@H](c3ccccn3)[C@@H]2c2cccn2-c2nc3ccccc3s2)cc1Cl. The van der Waals surface area contributed by atoms with Gasteiger partial charge in [-0.1, -0.05) is 41.1 Å². The van der Waals surface area contributed by atoms with Gasteiger partial charge in [-0.15, -0.1) is 0 Å². The van der Waals surface area contributed by atoms with Crippen LogP contribution in [0.4, 0.5) is 11.4 Å². The van der Waals surface area contributed by atoms with E-state index in [1.807, 2.05) is 59.6 Å². The lowest BCUT2D eigenvalue weighted by molar-refractivity contribution is -0.119. The second kappa shape index (κ2) is 10.7. The summed E-state index contributed by atoms with van der Waals surface area (Å²) in [6, 6.07) is 23.0. The van der Waals surface area contributed by atoms with Crippen molar-refractivity contribution in [1.29, 1.82) is 0 Å². The number of thiazole rings is 1. The number of para-hydroxylation sites is 1. The van der Waals surface area contributed by atoms with E-state index in [0.29, 0.717) is 15.8 Å². The van der Waals surface area contributed by atoms with Gasteiger partial charge in [0.05, 0.1) is 38.4 Å². The molecule has 2 N–H and O–H groups in total. The third-order valence-electron chi connectivity index (χ3n) is 6.45. The fourth-order valence-electron chi connectivity index (χ4n) is 4.78. The molecule has 1 saturated heterocycles. The van der Waals surface area contributed by atoms with Crippen LogP contribution in [0.3, 0.4) is 0 Å². The van der Waals surface area contributed by atoms with Gasteiger partial charge < -0.3 is 20.3 Å². The molecule has 39 heavy (non-hydrogen) atoms. The summed E-state index contributed by atoms with van der Waals surface area (Å²) in [7, 11) is 1.47. The summed E-state index contributed by atoms with van der Waals surface area (Å²) in [5, 5.41) is 8.05. The summed E-state index contributed by atoms with van der Waals surface area (Å²) >= 11 is 14.1. The Kier molecular flexibility index (Phi) is 7.01. The largest absolute Gasteiger partial charge is 0.375 e. The molecule has 0 spiro atoms. The number of nitrogens with one attached hydrogen (secondary N) is 2. The lowest BCUT2D eigenvalue weighted by Gasteiger charge is -2.29. The van der Waals surface area contributed by atoms with Crippen LogP contribution in [0, 0.1) is 0 Å². The van der Waals surface area contributed by atoms with E-state index in [2.05, 4.69) is 32.3 Å². The van der Waals surface area contributed by atoms with Crippen LogP contribution in [0.5, 0.6) is 0 Å². The Morgan fingerprint density at radius 1 is 1.15 bits per heavy atom. The van der Waals surface area contributed by atoms with Gasteiger partial charge in [-0.05, 0) is 66.8 Å². The van der Waals surface area contributed by atoms with E-state index < -0.39 is 0 Å². The molecular formula is C28H23ClN6O2S2. The first kappa shape index (κ1) is 25.4. The van der Waals surface area contributed by atoms with Crippen LogP contribution in [0.25, 0.3) is 15.3 Å². The van der Waals surface area contributed by atoms with Crippen molar-refractivity contribution in [3.8, 4) is 5.13 Å². The number of halogens is 1. The molecule has 1 aliphatic rings. The highest BCUT2D eigenvalue weighted by Crippen LogP contribution is 2.43. The quantitative estimate of drug-likeness (QED) is 0.234. The number of nitrogens with zero attached hydrogens (tertiary/aromatic N) is 4. The van der Waals surface area contributed by atoms with Gasteiger partial charge in [0.1, 0.15) is 12.6 Å². The van der Waals surface area contributed by atoms with Crippen LogP contribution in [0.1, 0.15) is 23.5 Å². The van der Waals surface area contributed by atoms with Gasteiger partial charge in [-0.25, -0.2) is 4.98 Å². The number of thiocarbonyl (C=S) groups is 1. The van der Waals surface area contributed by atoms with Crippen molar-refractivity contribution in [3.63, 3.8) is 0 Å². The molecular weight excluding hydrogens is 552 g/mol. The smallest absolute Gasteiger partial charge is 0.250 e. The summed E-state index contributed by atoms with van der Waals surface area (Å²) in [4.78, 5) is 23.6. The molecule has 1 fully saturated rings. The zero-order valence-electron chi connectivity index (χ0n) is 20.7. The first-order chi connectivity index (χ1) is 19.0. The Morgan fingerprint density at radius 2 is 2.00 bits per heavy atom. The number of amides is 1. The Bertz CT molecular complexity index is 1640. The Hall–Kier alpha value is -3.83. The summed E-state index contributed by atoms with van der Waals surface area (Å²) in [6.07, 6.45) is 3.80. The van der Waals surface area contributed by atoms with Crippen molar-refractivity contribution >= 4 is 67.8 Å². The summed E-state index contributed by atoms with van der Waals surface area (Å²) in [5.41, 5.74) is 4.08. The average molecular weight is 575 g/mol. The van der Waals surface area contributed by atoms with Crippen molar-refractivity contribution in [2.75, 3.05) is 23.9 Å². The molecule has 0 saturated carbocycles. The maximum absolute atomic E-state index is 12.1. The van der Waals surface area contributed by atoms with Crippen molar-refractivity contribution in [2.45, 2.75) is 12.1 Å². The van der Waals surface area contributed by atoms with Crippen LogP contribution in [0.15, 0.2) is 85.2 Å². The van der Waals surface area contributed by atoms with Gasteiger partial charge >= 0.3 is 0 Å². The molecule has 8 nitrogen and oxygen atoms in total. The van der Waals surface area contributed by atoms with Gasteiger partial charge in [0.25, 0.3) is 0 Å². The van der Waals surface area contributed by atoms with Crippen molar-refractivity contribution in [2.24, 2.45) is 0 Å². The third-order valence-corrected chi connectivity index (χ3v) is 8.11. The Balaban J connectivity index is 1.44. The minimum Gasteiger partial charge on any atom is -0.375 e. The van der Waals surface area contributed by atoms with Crippen molar-refractivity contribution in [3.05, 3.63) is 102 Å². The minimum absolute atomic E-state index is 0.0607. The molecule has 0 radical (unpaired) electrons. The predicted octanol–water partition coefficient (Wildman–Crippen LogP) is 5.90. The number of carbonyl (C=O) groups is 1. The number of benzene rings is 2. The van der Waals surface area contributed by atoms with Gasteiger partial charge in [0.15, 0.2) is 10.2 Å². The number of methoxy groups -OCH3 is 1. The molecule has 1 aliphatic heterocycles. The second-order valence-corrected chi connectivity index (χ2v) is 10.7. The lowest BCUT2D eigenvalue weighted by atomic mass is 10.0. The van der Waals surface area contributed by atoms with Crippen molar-refractivity contribution < 1.29 is 9.53 Å². The molecule has 2 aromatic carbocycles. The number of anilines is 2. The van der Waals surface area contributed by atoms with Gasteiger partial charge in [-0.3, -0.25) is 14.3 Å². The Morgan fingerprint density at radius 3 is 2.77 bits per heavy atom.